The molecule has 0 aliphatic heterocycles. The molecular formula is C6H8NS. The zero-order valence-corrected chi connectivity index (χ0v) is 5.83. The Labute approximate surface area is 53.6 Å². The monoisotopic (exact) mass is 126 g/mol. The molecule has 43 valence electrons. The van der Waals surface area contributed by atoms with Gasteiger partial charge in [0.05, 0.1) is 5.00 Å². The summed E-state index contributed by atoms with van der Waals surface area (Å²) in [6.07, 6.45) is 0. The highest BCUT2D eigenvalue weighted by atomic mass is 32.1. The summed E-state index contributed by atoms with van der Waals surface area (Å²) >= 11 is 1.70. The van der Waals surface area contributed by atoms with Crippen molar-refractivity contribution in [1.82, 2.24) is 0 Å². The van der Waals surface area contributed by atoms with Crippen LogP contribution in [-0.4, -0.2) is 14.1 Å². The summed E-state index contributed by atoms with van der Waals surface area (Å²) < 4.78 is 0. The van der Waals surface area contributed by atoms with Crippen molar-refractivity contribution in [3.05, 3.63) is 17.5 Å². The van der Waals surface area contributed by atoms with Crippen molar-refractivity contribution >= 4 is 16.3 Å². The smallest absolute Gasteiger partial charge is 0.0984 e. The molecule has 1 aromatic heterocycles. The zero-order valence-electron chi connectivity index (χ0n) is 5.01. The van der Waals surface area contributed by atoms with Gasteiger partial charge in [-0.2, -0.15) is 0 Å². The maximum absolute atomic E-state index is 3.08. The molecule has 0 unspecified atom stereocenters. The van der Waals surface area contributed by atoms with Gasteiger partial charge in [0.2, 0.25) is 0 Å². The van der Waals surface area contributed by atoms with Gasteiger partial charge in [-0.1, -0.05) is 0 Å². The van der Waals surface area contributed by atoms with E-state index in [9.17, 15) is 0 Å². The summed E-state index contributed by atoms with van der Waals surface area (Å²) in [5.41, 5.74) is 0. The predicted octanol–water partition coefficient (Wildman–Crippen LogP) is 1.61. The third-order valence-electron chi connectivity index (χ3n) is 0.861. The molecule has 0 saturated heterocycles. The van der Waals surface area contributed by atoms with Crippen LogP contribution in [0.5, 0.6) is 0 Å². The number of rotatable bonds is 1. The first kappa shape index (κ1) is 5.63. The van der Waals surface area contributed by atoms with Crippen LogP contribution in [-0.2, 0) is 0 Å². The van der Waals surface area contributed by atoms with Crippen molar-refractivity contribution in [3.8, 4) is 0 Å². The van der Waals surface area contributed by atoms with Gasteiger partial charge in [0.25, 0.3) is 0 Å². The number of anilines is 1. The fraction of sp³-hybridized carbons (Fsp3) is 0.333. The number of nitrogens with zero attached hydrogens (tertiary/aromatic N) is 1. The minimum Gasteiger partial charge on any atom is -0.369 e. The normalized spacial score (nSPS) is 9.25. The van der Waals surface area contributed by atoms with E-state index in [4.69, 9.17) is 0 Å². The molecule has 1 radical (unpaired) electrons. The summed E-state index contributed by atoms with van der Waals surface area (Å²) in [5.74, 6) is 0. The van der Waals surface area contributed by atoms with E-state index < -0.39 is 0 Å². The molecule has 0 atom stereocenters. The first-order valence-electron chi connectivity index (χ1n) is 2.43. The van der Waals surface area contributed by atoms with Gasteiger partial charge in [0.1, 0.15) is 0 Å². The molecule has 0 saturated carbocycles. The van der Waals surface area contributed by atoms with Gasteiger partial charge in [-0.15, -0.1) is 11.3 Å². The summed E-state index contributed by atoms with van der Waals surface area (Å²) in [7, 11) is 4.03. The predicted molar refractivity (Wildman–Crippen MR) is 37.5 cm³/mol. The van der Waals surface area contributed by atoms with Gasteiger partial charge < -0.3 is 4.90 Å². The largest absolute Gasteiger partial charge is 0.369 e. The van der Waals surface area contributed by atoms with E-state index in [1.807, 2.05) is 30.4 Å². The number of hydrogen-bond acceptors (Lipinski definition) is 2. The van der Waals surface area contributed by atoms with E-state index in [-0.39, 0.29) is 0 Å². The lowest BCUT2D eigenvalue weighted by Gasteiger charge is -2.05. The molecule has 0 aliphatic rings. The lowest BCUT2D eigenvalue weighted by molar-refractivity contribution is 1.16. The Morgan fingerprint density at radius 2 is 2.38 bits per heavy atom. The summed E-state index contributed by atoms with van der Waals surface area (Å²) in [5, 5.41) is 3.21. The first-order chi connectivity index (χ1) is 3.80. The lowest BCUT2D eigenvalue weighted by atomic mass is 10.6. The van der Waals surface area contributed by atoms with Gasteiger partial charge in [-0.25, -0.2) is 0 Å². The molecule has 2 heteroatoms. The van der Waals surface area contributed by atoms with Crippen molar-refractivity contribution in [2.45, 2.75) is 0 Å². The molecule has 0 bridgehead atoms. The highest BCUT2D eigenvalue weighted by Gasteiger charge is 1.91. The highest BCUT2D eigenvalue weighted by Crippen LogP contribution is 2.16. The second-order valence-corrected chi connectivity index (χ2v) is 2.66. The second kappa shape index (κ2) is 2.18. The summed E-state index contributed by atoms with van der Waals surface area (Å²) in [6, 6.07) is 5.01. The molecule has 0 aliphatic carbocycles. The average molecular weight is 126 g/mol. The van der Waals surface area contributed by atoms with E-state index in [0.717, 1.165) is 0 Å². The van der Waals surface area contributed by atoms with Crippen molar-refractivity contribution in [1.29, 1.82) is 0 Å². The molecule has 0 spiro atoms. The van der Waals surface area contributed by atoms with Gasteiger partial charge in [0.15, 0.2) is 0 Å². The Kier molecular flexibility index (Phi) is 1.53. The van der Waals surface area contributed by atoms with Crippen LogP contribution in [0, 0.1) is 6.07 Å². The topological polar surface area (TPSA) is 3.24 Å². The fourth-order valence-corrected chi connectivity index (χ4v) is 1.08. The third kappa shape index (κ3) is 1.01. The van der Waals surface area contributed by atoms with E-state index in [1.165, 1.54) is 5.00 Å². The van der Waals surface area contributed by atoms with Crippen LogP contribution in [0.25, 0.3) is 0 Å². The van der Waals surface area contributed by atoms with Gasteiger partial charge in [-0.05, 0) is 11.4 Å². The average Bonchev–Trinajstić information content (AvgIpc) is 2.12. The molecular weight excluding hydrogens is 118 g/mol. The van der Waals surface area contributed by atoms with Crippen molar-refractivity contribution in [2.24, 2.45) is 0 Å². The molecule has 0 fully saturated rings. The van der Waals surface area contributed by atoms with Crippen LogP contribution in [0.1, 0.15) is 0 Å². The fourth-order valence-electron chi connectivity index (χ4n) is 0.472. The van der Waals surface area contributed by atoms with Crippen LogP contribution in [0.4, 0.5) is 5.00 Å². The molecule has 8 heavy (non-hydrogen) atoms. The number of thiophene rings is 1. The Hall–Kier alpha value is -0.500. The maximum Gasteiger partial charge on any atom is 0.0984 e. The third-order valence-corrected chi connectivity index (χ3v) is 1.84. The quantitative estimate of drug-likeness (QED) is 0.552. The minimum absolute atomic E-state index is 1.19. The number of hydrogen-bond donors (Lipinski definition) is 0. The van der Waals surface area contributed by atoms with Gasteiger partial charge in [-0.3, -0.25) is 0 Å². The molecule has 0 aromatic carbocycles. The zero-order chi connectivity index (χ0) is 5.98. The van der Waals surface area contributed by atoms with E-state index in [0.29, 0.717) is 0 Å². The highest BCUT2D eigenvalue weighted by molar-refractivity contribution is 7.14. The van der Waals surface area contributed by atoms with Crippen molar-refractivity contribution in [3.63, 3.8) is 0 Å². The Bertz CT molecular complexity index is 144. The van der Waals surface area contributed by atoms with Crippen LogP contribution < -0.4 is 4.90 Å². The van der Waals surface area contributed by atoms with Crippen molar-refractivity contribution in [2.75, 3.05) is 19.0 Å². The Balaban J connectivity index is 2.77. The van der Waals surface area contributed by atoms with Crippen LogP contribution >= 0.6 is 11.3 Å². The van der Waals surface area contributed by atoms with Crippen LogP contribution in [0.3, 0.4) is 0 Å². The van der Waals surface area contributed by atoms with E-state index >= 15 is 0 Å². The Morgan fingerprint density at radius 3 is 2.62 bits per heavy atom. The van der Waals surface area contributed by atoms with Gasteiger partial charge >= 0.3 is 0 Å². The summed E-state index contributed by atoms with van der Waals surface area (Å²) in [4.78, 5) is 2.05. The SMILES string of the molecule is CN(C)c1[c]ccs1. The van der Waals surface area contributed by atoms with E-state index in [2.05, 4.69) is 6.07 Å². The second-order valence-electron chi connectivity index (χ2n) is 1.76. The minimum atomic E-state index is 1.19. The molecule has 0 N–H and O–H groups in total. The molecule has 0 amide bonds. The molecule has 1 heterocycles. The van der Waals surface area contributed by atoms with Crippen LogP contribution in [0.2, 0.25) is 0 Å². The first-order valence-corrected chi connectivity index (χ1v) is 3.31. The lowest BCUT2D eigenvalue weighted by Crippen LogP contribution is -2.05. The molecule has 1 rings (SSSR count). The van der Waals surface area contributed by atoms with E-state index in [1.54, 1.807) is 11.3 Å². The molecule has 1 nitrogen and oxygen atoms in total. The maximum atomic E-state index is 3.08. The van der Waals surface area contributed by atoms with Gasteiger partial charge in [0, 0.05) is 20.2 Å². The Morgan fingerprint density at radius 1 is 1.62 bits per heavy atom. The van der Waals surface area contributed by atoms with Crippen molar-refractivity contribution < 1.29 is 0 Å². The molecule has 1 aromatic rings. The standard InChI is InChI=1S/C6H8NS/c1-7(2)6-4-3-5-8-6/h3,5H,1-2H3. The summed E-state index contributed by atoms with van der Waals surface area (Å²) in [6.45, 7) is 0. The van der Waals surface area contributed by atoms with Crippen LogP contribution in [0.15, 0.2) is 11.4 Å².